The van der Waals surface area contributed by atoms with E-state index in [1.807, 2.05) is 0 Å². The topological polar surface area (TPSA) is 129 Å². The molecule has 0 aliphatic rings. The standard InChI is InChI=1S/C23H19ClF2N6O4S/c1-12-9-28-17(16-4-5-27-23(30-16)31-37(3,34)35)8-19(12)32-13(2)6-20(21(24)22(32)33)36-11-18-15(26)7-14(25)10-29-18/h4-10H,11H2,1-3H3,(H,27,30,31). The second kappa shape index (κ2) is 10.2. The quantitative estimate of drug-likeness (QED) is 0.371. The molecule has 14 heteroatoms. The van der Waals surface area contributed by atoms with Gasteiger partial charge in [0.25, 0.3) is 5.56 Å². The minimum Gasteiger partial charge on any atom is -0.485 e. The molecule has 0 fully saturated rings. The summed E-state index contributed by atoms with van der Waals surface area (Å²) in [7, 11) is -3.59. The molecule has 4 aromatic rings. The number of aromatic nitrogens is 5. The Hall–Kier alpha value is -3.97. The maximum Gasteiger partial charge on any atom is 0.277 e. The molecule has 0 bridgehead atoms. The van der Waals surface area contributed by atoms with Gasteiger partial charge >= 0.3 is 0 Å². The molecule has 0 aliphatic heterocycles. The van der Waals surface area contributed by atoms with Crippen LogP contribution in [0.4, 0.5) is 14.7 Å². The van der Waals surface area contributed by atoms with Gasteiger partial charge in [-0.1, -0.05) is 11.6 Å². The predicted octanol–water partition coefficient (Wildman–Crippen LogP) is 3.58. The Morgan fingerprint density at radius 1 is 1.08 bits per heavy atom. The minimum atomic E-state index is -3.59. The largest absolute Gasteiger partial charge is 0.485 e. The molecule has 0 saturated heterocycles. The number of ether oxygens (including phenoxy) is 1. The first kappa shape index (κ1) is 26.1. The van der Waals surface area contributed by atoms with E-state index in [1.165, 1.54) is 29.1 Å². The summed E-state index contributed by atoms with van der Waals surface area (Å²) >= 11 is 6.31. The molecule has 0 amide bonds. The number of hydrogen-bond donors (Lipinski definition) is 1. The van der Waals surface area contributed by atoms with Crippen LogP contribution in [0.2, 0.25) is 5.02 Å². The van der Waals surface area contributed by atoms with E-state index < -0.39 is 27.2 Å². The lowest BCUT2D eigenvalue weighted by molar-refractivity contribution is 0.292. The van der Waals surface area contributed by atoms with Crippen molar-refractivity contribution in [2.75, 3.05) is 11.0 Å². The highest BCUT2D eigenvalue weighted by atomic mass is 35.5. The molecule has 1 N–H and O–H groups in total. The third kappa shape index (κ3) is 5.89. The summed E-state index contributed by atoms with van der Waals surface area (Å²) in [6.07, 6.45) is 4.73. The van der Waals surface area contributed by atoms with Crippen molar-refractivity contribution < 1.29 is 21.9 Å². The first-order valence-corrected chi connectivity index (χ1v) is 12.8. The molecular formula is C23H19ClF2N6O4S. The lowest BCUT2D eigenvalue weighted by Gasteiger charge is -2.16. The average molecular weight is 549 g/mol. The van der Waals surface area contributed by atoms with Crippen molar-refractivity contribution >= 4 is 27.6 Å². The summed E-state index contributed by atoms with van der Waals surface area (Å²) in [5.41, 5.74) is 1.44. The molecule has 0 spiro atoms. The number of nitrogens with zero attached hydrogens (tertiary/aromatic N) is 5. The fourth-order valence-corrected chi connectivity index (χ4v) is 4.02. The Labute approximate surface area is 215 Å². The van der Waals surface area contributed by atoms with Crippen molar-refractivity contribution in [2.24, 2.45) is 0 Å². The van der Waals surface area contributed by atoms with Gasteiger partial charge in [0.2, 0.25) is 16.0 Å². The van der Waals surface area contributed by atoms with Gasteiger partial charge < -0.3 is 4.74 Å². The third-order valence-electron chi connectivity index (χ3n) is 5.06. The Morgan fingerprint density at radius 2 is 1.84 bits per heavy atom. The molecule has 0 saturated carbocycles. The van der Waals surface area contributed by atoms with Crippen LogP contribution in [0.15, 0.2) is 47.7 Å². The van der Waals surface area contributed by atoms with Crippen LogP contribution < -0.4 is 15.0 Å². The zero-order valence-corrected chi connectivity index (χ0v) is 21.2. The molecule has 192 valence electrons. The molecule has 4 heterocycles. The molecule has 0 radical (unpaired) electrons. The van der Waals surface area contributed by atoms with Gasteiger partial charge in [0, 0.05) is 30.2 Å². The Kier molecular flexibility index (Phi) is 7.18. The van der Waals surface area contributed by atoms with Gasteiger partial charge in [-0.25, -0.2) is 27.2 Å². The van der Waals surface area contributed by atoms with E-state index in [1.54, 1.807) is 19.9 Å². The van der Waals surface area contributed by atoms with Gasteiger partial charge in [0.05, 0.1) is 29.5 Å². The number of nitrogens with one attached hydrogen (secondary N) is 1. The molecular weight excluding hydrogens is 530 g/mol. The Bertz CT molecular complexity index is 1680. The maximum absolute atomic E-state index is 13.9. The van der Waals surface area contributed by atoms with Crippen molar-refractivity contribution in [3.63, 3.8) is 0 Å². The lowest BCUT2D eigenvalue weighted by atomic mass is 10.1. The summed E-state index contributed by atoms with van der Waals surface area (Å²) in [4.78, 5) is 29.3. The highest BCUT2D eigenvalue weighted by Gasteiger charge is 2.18. The van der Waals surface area contributed by atoms with Gasteiger partial charge in [-0.05, 0) is 31.5 Å². The van der Waals surface area contributed by atoms with Crippen molar-refractivity contribution in [3.05, 3.63) is 86.8 Å². The van der Waals surface area contributed by atoms with Crippen molar-refractivity contribution in [1.29, 1.82) is 0 Å². The smallest absolute Gasteiger partial charge is 0.277 e. The zero-order valence-electron chi connectivity index (χ0n) is 19.7. The Balaban J connectivity index is 1.70. The minimum absolute atomic E-state index is 0.00478. The van der Waals surface area contributed by atoms with Crippen molar-refractivity contribution in [2.45, 2.75) is 20.5 Å². The van der Waals surface area contributed by atoms with Crippen LogP contribution in [-0.2, 0) is 16.6 Å². The SMILES string of the molecule is Cc1cnc(-c2ccnc(NS(C)(=O)=O)n2)cc1-n1c(C)cc(OCc2ncc(F)cc2F)c(Cl)c1=O. The first-order valence-electron chi connectivity index (χ1n) is 10.6. The van der Waals surface area contributed by atoms with E-state index >= 15 is 0 Å². The van der Waals surface area contributed by atoms with Crippen molar-refractivity contribution in [1.82, 2.24) is 24.5 Å². The second-order valence-corrected chi connectivity index (χ2v) is 10.1. The number of halogens is 3. The van der Waals surface area contributed by atoms with Gasteiger partial charge in [-0.15, -0.1) is 0 Å². The Morgan fingerprint density at radius 3 is 2.54 bits per heavy atom. The van der Waals surface area contributed by atoms with Crippen molar-refractivity contribution in [3.8, 4) is 22.8 Å². The normalized spacial score (nSPS) is 11.4. The molecule has 37 heavy (non-hydrogen) atoms. The number of pyridine rings is 3. The number of aryl methyl sites for hydroxylation is 2. The van der Waals surface area contributed by atoms with E-state index in [4.69, 9.17) is 16.3 Å². The van der Waals surface area contributed by atoms with Crippen LogP contribution in [-0.4, -0.2) is 39.2 Å². The van der Waals surface area contributed by atoms with Gasteiger partial charge in [-0.2, -0.15) is 0 Å². The van der Waals surface area contributed by atoms with Gasteiger partial charge in [-0.3, -0.25) is 24.1 Å². The van der Waals surface area contributed by atoms with Crippen LogP contribution in [0, 0.1) is 25.5 Å². The number of anilines is 1. The summed E-state index contributed by atoms with van der Waals surface area (Å²) < 4.78 is 59.1. The predicted molar refractivity (Wildman–Crippen MR) is 132 cm³/mol. The number of hydrogen-bond acceptors (Lipinski definition) is 8. The maximum atomic E-state index is 13.9. The molecule has 4 aromatic heterocycles. The van der Waals surface area contributed by atoms with E-state index in [2.05, 4.69) is 24.7 Å². The highest BCUT2D eigenvalue weighted by molar-refractivity contribution is 7.91. The fraction of sp³-hybridized carbons (Fsp3) is 0.174. The molecule has 0 aliphatic carbocycles. The summed E-state index contributed by atoms with van der Waals surface area (Å²) in [5.74, 6) is -1.84. The highest BCUT2D eigenvalue weighted by Crippen LogP contribution is 2.27. The molecule has 4 rings (SSSR count). The second-order valence-electron chi connectivity index (χ2n) is 7.97. The van der Waals surface area contributed by atoms with E-state index in [0.29, 0.717) is 34.4 Å². The summed E-state index contributed by atoms with van der Waals surface area (Å²) in [5, 5.41) is -0.257. The molecule has 0 atom stereocenters. The summed E-state index contributed by atoms with van der Waals surface area (Å²) in [6.45, 7) is 3.03. The zero-order chi connectivity index (χ0) is 26.9. The molecule has 0 unspecified atom stereocenters. The van der Waals surface area contributed by atoms with Crippen LogP contribution >= 0.6 is 11.6 Å². The number of sulfonamides is 1. The monoisotopic (exact) mass is 548 g/mol. The average Bonchev–Trinajstić information content (AvgIpc) is 2.81. The van der Waals surface area contributed by atoms with E-state index in [9.17, 15) is 22.0 Å². The van der Waals surface area contributed by atoms with E-state index in [-0.39, 0.29) is 29.0 Å². The summed E-state index contributed by atoms with van der Waals surface area (Å²) in [6, 6.07) is 5.32. The van der Waals surface area contributed by atoms with Crippen LogP contribution in [0.1, 0.15) is 17.0 Å². The van der Waals surface area contributed by atoms with Gasteiger partial charge in [0.15, 0.2) is 5.82 Å². The fourth-order valence-electron chi connectivity index (χ4n) is 3.39. The molecule has 10 nitrogen and oxygen atoms in total. The van der Waals surface area contributed by atoms with Gasteiger partial charge in [0.1, 0.15) is 28.9 Å². The lowest BCUT2D eigenvalue weighted by Crippen LogP contribution is -2.23. The molecule has 0 aromatic carbocycles. The first-order chi connectivity index (χ1) is 17.4. The van der Waals surface area contributed by atoms with Crippen LogP contribution in [0.3, 0.4) is 0 Å². The van der Waals surface area contributed by atoms with Crippen LogP contribution in [0.25, 0.3) is 17.1 Å². The van der Waals surface area contributed by atoms with E-state index in [0.717, 1.165) is 12.5 Å². The third-order valence-corrected chi connectivity index (χ3v) is 5.96. The number of rotatable bonds is 7. The van der Waals surface area contributed by atoms with Crippen LogP contribution in [0.5, 0.6) is 5.75 Å².